The van der Waals surface area contributed by atoms with E-state index in [1.807, 2.05) is 0 Å². The first-order chi connectivity index (χ1) is 7.38. The molecule has 1 unspecified atom stereocenters. The van der Waals surface area contributed by atoms with Crippen molar-refractivity contribution in [2.45, 2.75) is 19.1 Å². The van der Waals surface area contributed by atoms with Gasteiger partial charge in [0.2, 0.25) is 0 Å². The average Bonchev–Trinajstić information content (AvgIpc) is 2.28. The number of hydrogen-bond acceptors (Lipinski definition) is 3. The molecule has 0 saturated carbocycles. The number of benzene rings is 1. The molecule has 0 spiro atoms. The van der Waals surface area contributed by atoms with E-state index in [9.17, 15) is 17.6 Å². The van der Waals surface area contributed by atoms with Crippen molar-refractivity contribution in [3.05, 3.63) is 35.6 Å². The van der Waals surface area contributed by atoms with Gasteiger partial charge in [0, 0.05) is 11.3 Å². The van der Waals surface area contributed by atoms with E-state index in [-0.39, 0.29) is 11.3 Å². The van der Waals surface area contributed by atoms with Gasteiger partial charge in [-0.2, -0.15) is 0 Å². The molecule has 0 fully saturated rings. The minimum atomic E-state index is -3.40. The molecule has 1 atom stereocenters. The van der Waals surface area contributed by atoms with Crippen molar-refractivity contribution in [1.29, 1.82) is 0 Å². The van der Waals surface area contributed by atoms with Crippen molar-refractivity contribution in [2.75, 3.05) is 5.75 Å². The van der Waals surface area contributed by atoms with Crippen LogP contribution in [0.15, 0.2) is 24.3 Å². The molecule has 0 aliphatic rings. The fourth-order valence-corrected chi connectivity index (χ4v) is 2.22. The molecule has 1 rings (SSSR count). The minimum Gasteiger partial charge on any atom is -0.293 e. The number of carbonyl (C=O) groups excluding carboxylic acids is 1. The summed E-state index contributed by atoms with van der Waals surface area (Å²) >= 11 is 0. The van der Waals surface area contributed by atoms with Gasteiger partial charge < -0.3 is 0 Å². The summed E-state index contributed by atoms with van der Waals surface area (Å²) in [5, 5.41) is -1.08. The highest BCUT2D eigenvalue weighted by Gasteiger charge is 2.26. The SMILES string of the molecule is CCS(=O)(=O)C(C)C(=O)c1ccc(F)cc1. The van der Waals surface area contributed by atoms with Crippen molar-refractivity contribution < 1.29 is 17.6 Å². The van der Waals surface area contributed by atoms with Crippen LogP contribution in [0, 0.1) is 5.82 Å². The summed E-state index contributed by atoms with van der Waals surface area (Å²) in [4.78, 5) is 11.8. The van der Waals surface area contributed by atoms with Crippen LogP contribution in [0.1, 0.15) is 24.2 Å². The minimum absolute atomic E-state index is 0.0822. The highest BCUT2D eigenvalue weighted by atomic mass is 32.2. The predicted octanol–water partition coefficient (Wildman–Crippen LogP) is 1.83. The van der Waals surface area contributed by atoms with E-state index in [2.05, 4.69) is 0 Å². The highest BCUT2D eigenvalue weighted by Crippen LogP contribution is 2.11. The Labute approximate surface area is 94.2 Å². The van der Waals surface area contributed by atoms with Crippen molar-refractivity contribution >= 4 is 15.6 Å². The van der Waals surface area contributed by atoms with Gasteiger partial charge >= 0.3 is 0 Å². The van der Waals surface area contributed by atoms with Crippen LogP contribution in [0.3, 0.4) is 0 Å². The van der Waals surface area contributed by atoms with Crippen LogP contribution >= 0.6 is 0 Å². The Morgan fingerprint density at radius 1 is 1.31 bits per heavy atom. The van der Waals surface area contributed by atoms with Crippen LogP contribution in [0.5, 0.6) is 0 Å². The van der Waals surface area contributed by atoms with Gasteiger partial charge in [-0.25, -0.2) is 12.8 Å². The number of Topliss-reactive ketones (excluding diaryl/α,β-unsaturated/α-hetero) is 1. The normalized spacial score (nSPS) is 13.4. The lowest BCUT2D eigenvalue weighted by atomic mass is 10.1. The number of sulfone groups is 1. The van der Waals surface area contributed by atoms with Crippen LogP contribution < -0.4 is 0 Å². The molecule has 0 aromatic heterocycles. The van der Waals surface area contributed by atoms with E-state index in [1.165, 1.54) is 26.0 Å². The van der Waals surface area contributed by atoms with Crippen LogP contribution in [-0.4, -0.2) is 25.2 Å². The lowest BCUT2D eigenvalue weighted by molar-refractivity contribution is 0.0991. The van der Waals surface area contributed by atoms with E-state index < -0.39 is 26.7 Å². The number of hydrogen-bond donors (Lipinski definition) is 0. The van der Waals surface area contributed by atoms with Crippen molar-refractivity contribution in [1.82, 2.24) is 0 Å². The van der Waals surface area contributed by atoms with E-state index in [1.54, 1.807) is 0 Å². The molecule has 0 bridgehead atoms. The van der Waals surface area contributed by atoms with Crippen LogP contribution in [0.4, 0.5) is 4.39 Å². The third-order valence-corrected chi connectivity index (χ3v) is 4.54. The Bertz CT molecular complexity index is 476. The molecule has 1 aromatic rings. The predicted molar refractivity (Wildman–Crippen MR) is 59.7 cm³/mol. The van der Waals surface area contributed by atoms with Gasteiger partial charge in [-0.3, -0.25) is 4.79 Å². The summed E-state index contributed by atoms with van der Waals surface area (Å²) < 4.78 is 35.6. The third-order valence-electron chi connectivity index (χ3n) is 2.44. The first-order valence-corrected chi connectivity index (χ1v) is 6.61. The van der Waals surface area contributed by atoms with Crippen LogP contribution in [-0.2, 0) is 9.84 Å². The molecule has 0 saturated heterocycles. The lowest BCUT2D eigenvalue weighted by Crippen LogP contribution is -2.28. The molecule has 0 N–H and O–H groups in total. The fourth-order valence-electron chi connectivity index (χ4n) is 1.26. The number of carbonyl (C=O) groups is 1. The third kappa shape index (κ3) is 2.66. The lowest BCUT2D eigenvalue weighted by Gasteiger charge is -2.10. The van der Waals surface area contributed by atoms with Crippen molar-refractivity contribution in [3.63, 3.8) is 0 Å². The van der Waals surface area contributed by atoms with E-state index in [4.69, 9.17) is 0 Å². The standard InChI is InChI=1S/C11H13FO3S/c1-3-16(14,15)8(2)11(13)9-4-6-10(12)7-5-9/h4-8H,3H2,1-2H3. The van der Waals surface area contributed by atoms with E-state index in [0.717, 1.165) is 12.1 Å². The number of halogens is 1. The fraction of sp³-hybridized carbons (Fsp3) is 0.364. The first-order valence-electron chi connectivity index (χ1n) is 4.90. The smallest absolute Gasteiger partial charge is 0.180 e. The molecule has 0 aliphatic carbocycles. The van der Waals surface area contributed by atoms with Crippen molar-refractivity contribution in [2.24, 2.45) is 0 Å². The monoisotopic (exact) mass is 244 g/mol. The second-order valence-electron chi connectivity index (χ2n) is 3.46. The molecule has 5 heteroatoms. The van der Waals surface area contributed by atoms with E-state index >= 15 is 0 Å². The summed E-state index contributed by atoms with van der Waals surface area (Å²) in [7, 11) is -3.40. The van der Waals surface area contributed by atoms with Gasteiger partial charge in [0.05, 0.1) is 0 Å². The Morgan fingerprint density at radius 2 is 1.81 bits per heavy atom. The van der Waals surface area contributed by atoms with Crippen LogP contribution in [0.2, 0.25) is 0 Å². The summed E-state index contributed by atoms with van der Waals surface area (Å²) in [6.07, 6.45) is 0. The molecule has 0 heterocycles. The molecule has 1 aromatic carbocycles. The van der Waals surface area contributed by atoms with Gasteiger partial charge in [0.1, 0.15) is 11.1 Å². The topological polar surface area (TPSA) is 51.2 Å². The molecule has 16 heavy (non-hydrogen) atoms. The van der Waals surface area contributed by atoms with Gasteiger partial charge in [-0.05, 0) is 31.2 Å². The maximum atomic E-state index is 12.6. The Morgan fingerprint density at radius 3 is 2.25 bits per heavy atom. The highest BCUT2D eigenvalue weighted by molar-refractivity contribution is 7.92. The molecule has 0 aliphatic heterocycles. The van der Waals surface area contributed by atoms with Gasteiger partial charge in [0.15, 0.2) is 15.6 Å². The Kier molecular flexibility index (Phi) is 3.80. The second-order valence-corrected chi connectivity index (χ2v) is 6.08. The maximum absolute atomic E-state index is 12.6. The first kappa shape index (κ1) is 12.8. The van der Waals surface area contributed by atoms with Gasteiger partial charge in [-0.15, -0.1) is 0 Å². The quantitative estimate of drug-likeness (QED) is 0.759. The Balaban J connectivity index is 2.99. The van der Waals surface area contributed by atoms with Crippen LogP contribution in [0.25, 0.3) is 0 Å². The summed E-state index contributed by atoms with van der Waals surface area (Å²) in [6.45, 7) is 2.84. The summed E-state index contributed by atoms with van der Waals surface area (Å²) in [5.74, 6) is -1.04. The average molecular weight is 244 g/mol. The zero-order valence-corrected chi connectivity index (χ0v) is 9.92. The van der Waals surface area contributed by atoms with E-state index in [0.29, 0.717) is 0 Å². The summed E-state index contributed by atoms with van der Waals surface area (Å²) in [6, 6.07) is 4.86. The largest absolute Gasteiger partial charge is 0.293 e. The second kappa shape index (κ2) is 4.74. The van der Waals surface area contributed by atoms with Crippen molar-refractivity contribution in [3.8, 4) is 0 Å². The molecule has 3 nitrogen and oxygen atoms in total. The zero-order valence-electron chi connectivity index (χ0n) is 9.10. The van der Waals surface area contributed by atoms with Gasteiger partial charge in [-0.1, -0.05) is 6.92 Å². The molecule has 0 amide bonds. The zero-order chi connectivity index (χ0) is 12.3. The molecule has 0 radical (unpaired) electrons. The Hall–Kier alpha value is -1.23. The molecule has 88 valence electrons. The molecular weight excluding hydrogens is 231 g/mol. The maximum Gasteiger partial charge on any atom is 0.180 e. The molecular formula is C11H13FO3S. The van der Waals surface area contributed by atoms with Gasteiger partial charge in [0.25, 0.3) is 0 Å². The summed E-state index contributed by atoms with van der Waals surface area (Å²) in [5.41, 5.74) is 0.214. The number of rotatable bonds is 4. The number of ketones is 1.